The summed E-state index contributed by atoms with van der Waals surface area (Å²) < 4.78 is 11.6. The molecule has 0 bridgehead atoms. The average Bonchev–Trinajstić information content (AvgIpc) is 2.46. The first kappa shape index (κ1) is 13.3. The van der Waals surface area contributed by atoms with Crippen LogP contribution in [0.15, 0.2) is 36.4 Å². The highest BCUT2D eigenvalue weighted by atomic mass is 16.5. The van der Waals surface area contributed by atoms with Crippen LogP contribution in [0.4, 0.5) is 5.69 Å². The number of hydrogen-bond acceptors (Lipinski definition) is 3. The summed E-state index contributed by atoms with van der Waals surface area (Å²) in [7, 11) is 0. The Hall–Kier alpha value is -1.74. The second-order valence-electron chi connectivity index (χ2n) is 5.74. The van der Waals surface area contributed by atoms with Gasteiger partial charge < -0.3 is 14.4 Å². The predicted molar refractivity (Wildman–Crippen MR) is 82.4 cm³/mol. The fourth-order valence-electron chi connectivity index (χ4n) is 2.73. The lowest BCUT2D eigenvalue weighted by atomic mass is 9.92. The minimum Gasteiger partial charge on any atom is -0.482 e. The average molecular weight is 271 g/mol. The fraction of sp³-hybridized carbons (Fsp3) is 0.412. The van der Waals surface area contributed by atoms with Gasteiger partial charge in [-0.3, -0.25) is 0 Å². The van der Waals surface area contributed by atoms with Gasteiger partial charge >= 0.3 is 0 Å². The summed E-state index contributed by atoms with van der Waals surface area (Å²) in [5, 5.41) is 0. The lowest BCUT2D eigenvalue weighted by molar-refractivity contribution is 0.122. The van der Waals surface area contributed by atoms with Crippen molar-refractivity contribution in [3.8, 4) is 5.75 Å². The quantitative estimate of drug-likeness (QED) is 0.824. The first-order valence-corrected chi connectivity index (χ1v) is 7.10. The molecule has 0 amide bonds. The Balaban J connectivity index is 1.94. The number of nitrogens with zero attached hydrogens (tertiary/aromatic N) is 1. The molecule has 0 spiro atoms. The highest BCUT2D eigenvalue weighted by Gasteiger charge is 2.28. The summed E-state index contributed by atoms with van der Waals surface area (Å²) in [5.74, 6) is 0.949. The van der Waals surface area contributed by atoms with Gasteiger partial charge in [-0.1, -0.05) is 12.7 Å². The Bertz CT molecular complexity index is 554. The van der Waals surface area contributed by atoms with Crippen molar-refractivity contribution in [2.24, 2.45) is 0 Å². The molecule has 2 heterocycles. The molecule has 0 aromatic heterocycles. The lowest BCUT2D eigenvalue weighted by Gasteiger charge is -2.34. The Morgan fingerprint density at radius 1 is 1.25 bits per heavy atom. The van der Waals surface area contributed by atoms with Crippen LogP contribution >= 0.6 is 0 Å². The van der Waals surface area contributed by atoms with E-state index in [2.05, 4.69) is 49.6 Å². The zero-order valence-electron chi connectivity index (χ0n) is 12.2. The van der Waals surface area contributed by atoms with Gasteiger partial charge in [0.25, 0.3) is 0 Å². The van der Waals surface area contributed by atoms with E-state index in [0.717, 1.165) is 43.2 Å². The van der Waals surface area contributed by atoms with Crippen molar-refractivity contribution in [3.63, 3.8) is 0 Å². The maximum Gasteiger partial charge on any atom is 0.129 e. The second kappa shape index (κ2) is 4.98. The third kappa shape index (κ3) is 2.34. The molecule has 2 aliphatic rings. The Labute approximate surface area is 120 Å². The van der Waals surface area contributed by atoms with Gasteiger partial charge in [-0.25, -0.2) is 0 Å². The van der Waals surface area contributed by atoms with Gasteiger partial charge in [0.15, 0.2) is 0 Å². The van der Waals surface area contributed by atoms with Crippen molar-refractivity contribution < 1.29 is 9.47 Å². The molecular weight excluding hydrogens is 250 g/mol. The minimum atomic E-state index is -0.321. The molecule has 0 aliphatic carbocycles. The number of morpholine rings is 1. The maximum atomic E-state index is 6.16. The number of rotatable bonds is 2. The standard InChI is InChI=1S/C17H21NO2/c1-4-14-11-13-5-6-15(18-7-9-19-10-8-18)12-16(13)20-17(14,2)3/h4-6,11-12H,1,7-10H2,2-3H3. The van der Waals surface area contributed by atoms with E-state index < -0.39 is 0 Å². The summed E-state index contributed by atoms with van der Waals surface area (Å²) in [4.78, 5) is 2.34. The molecule has 0 saturated carbocycles. The summed E-state index contributed by atoms with van der Waals surface area (Å²) >= 11 is 0. The van der Waals surface area contributed by atoms with E-state index in [-0.39, 0.29) is 5.60 Å². The number of anilines is 1. The van der Waals surface area contributed by atoms with Crippen molar-refractivity contribution in [1.82, 2.24) is 0 Å². The van der Waals surface area contributed by atoms with Gasteiger partial charge in [0, 0.05) is 30.4 Å². The molecule has 0 atom stereocenters. The zero-order valence-corrected chi connectivity index (χ0v) is 12.2. The first-order valence-electron chi connectivity index (χ1n) is 7.10. The predicted octanol–water partition coefficient (Wildman–Crippen LogP) is 3.26. The van der Waals surface area contributed by atoms with Gasteiger partial charge in [-0.2, -0.15) is 0 Å². The van der Waals surface area contributed by atoms with Crippen LogP contribution in [0.3, 0.4) is 0 Å². The first-order chi connectivity index (χ1) is 9.60. The van der Waals surface area contributed by atoms with E-state index >= 15 is 0 Å². The molecule has 1 aromatic carbocycles. The Kier molecular flexibility index (Phi) is 3.30. The molecular formula is C17H21NO2. The summed E-state index contributed by atoms with van der Waals surface area (Å²) in [5.41, 5.74) is 3.12. The minimum absolute atomic E-state index is 0.321. The highest BCUT2D eigenvalue weighted by Crippen LogP contribution is 2.38. The van der Waals surface area contributed by atoms with Crippen LogP contribution in [0.1, 0.15) is 19.4 Å². The van der Waals surface area contributed by atoms with Gasteiger partial charge in [-0.15, -0.1) is 0 Å². The number of hydrogen-bond donors (Lipinski definition) is 0. The number of ether oxygens (including phenoxy) is 2. The van der Waals surface area contributed by atoms with E-state index in [1.807, 2.05) is 6.08 Å². The molecule has 2 aliphatic heterocycles. The largest absolute Gasteiger partial charge is 0.482 e. The fourth-order valence-corrected chi connectivity index (χ4v) is 2.73. The molecule has 20 heavy (non-hydrogen) atoms. The van der Waals surface area contributed by atoms with Crippen LogP contribution in [-0.4, -0.2) is 31.9 Å². The van der Waals surface area contributed by atoms with Gasteiger partial charge in [0.2, 0.25) is 0 Å². The third-order valence-electron chi connectivity index (χ3n) is 3.96. The van der Waals surface area contributed by atoms with E-state index in [1.165, 1.54) is 5.69 Å². The molecule has 1 fully saturated rings. The molecule has 1 aromatic rings. The SMILES string of the molecule is C=CC1=Cc2ccc(N3CCOCC3)cc2OC1(C)C. The Morgan fingerprint density at radius 3 is 2.70 bits per heavy atom. The lowest BCUT2D eigenvalue weighted by Crippen LogP contribution is -2.36. The van der Waals surface area contributed by atoms with Gasteiger partial charge in [0.1, 0.15) is 11.4 Å². The number of benzene rings is 1. The molecule has 1 saturated heterocycles. The van der Waals surface area contributed by atoms with Crippen LogP contribution in [0, 0.1) is 0 Å². The number of fused-ring (bicyclic) bond motifs is 1. The van der Waals surface area contributed by atoms with E-state index in [0.29, 0.717) is 0 Å². The van der Waals surface area contributed by atoms with Crippen LogP contribution in [0.25, 0.3) is 6.08 Å². The van der Waals surface area contributed by atoms with Crippen LogP contribution in [-0.2, 0) is 4.74 Å². The Morgan fingerprint density at radius 2 is 2.00 bits per heavy atom. The van der Waals surface area contributed by atoms with Gasteiger partial charge in [-0.05, 0) is 37.6 Å². The molecule has 106 valence electrons. The van der Waals surface area contributed by atoms with Crippen LogP contribution < -0.4 is 9.64 Å². The van der Waals surface area contributed by atoms with Gasteiger partial charge in [0.05, 0.1) is 13.2 Å². The molecule has 0 radical (unpaired) electrons. The summed E-state index contributed by atoms with van der Waals surface area (Å²) in [6.45, 7) is 11.5. The molecule has 0 unspecified atom stereocenters. The molecule has 3 nitrogen and oxygen atoms in total. The van der Waals surface area contributed by atoms with Crippen molar-refractivity contribution >= 4 is 11.8 Å². The molecule has 0 N–H and O–H groups in total. The highest BCUT2D eigenvalue weighted by molar-refractivity contribution is 5.70. The van der Waals surface area contributed by atoms with Crippen molar-refractivity contribution in [1.29, 1.82) is 0 Å². The third-order valence-corrected chi connectivity index (χ3v) is 3.96. The van der Waals surface area contributed by atoms with E-state index in [9.17, 15) is 0 Å². The summed E-state index contributed by atoms with van der Waals surface area (Å²) in [6.07, 6.45) is 4.04. The van der Waals surface area contributed by atoms with Crippen molar-refractivity contribution in [2.45, 2.75) is 19.4 Å². The monoisotopic (exact) mass is 271 g/mol. The van der Waals surface area contributed by atoms with Crippen molar-refractivity contribution in [3.05, 3.63) is 42.0 Å². The molecule has 3 rings (SSSR count). The van der Waals surface area contributed by atoms with E-state index in [1.54, 1.807) is 0 Å². The van der Waals surface area contributed by atoms with Crippen LogP contribution in [0.2, 0.25) is 0 Å². The smallest absolute Gasteiger partial charge is 0.129 e. The zero-order chi connectivity index (χ0) is 14.2. The normalized spacial score (nSPS) is 20.7. The maximum absolute atomic E-state index is 6.16. The second-order valence-corrected chi connectivity index (χ2v) is 5.74. The van der Waals surface area contributed by atoms with Crippen molar-refractivity contribution in [2.75, 3.05) is 31.2 Å². The van der Waals surface area contributed by atoms with E-state index in [4.69, 9.17) is 9.47 Å². The topological polar surface area (TPSA) is 21.7 Å². The van der Waals surface area contributed by atoms with Crippen LogP contribution in [0.5, 0.6) is 5.75 Å². The summed E-state index contributed by atoms with van der Waals surface area (Å²) in [6, 6.07) is 6.42. The molecule has 3 heteroatoms.